The number of pyridine rings is 3. The van der Waals surface area contributed by atoms with Gasteiger partial charge in [0.25, 0.3) is 0 Å². The van der Waals surface area contributed by atoms with Crippen LogP contribution in [0.5, 0.6) is 0 Å². The second kappa shape index (κ2) is 12.1. The van der Waals surface area contributed by atoms with E-state index in [0.29, 0.717) is 50.5 Å². The van der Waals surface area contributed by atoms with E-state index in [-0.39, 0.29) is 6.54 Å². The van der Waals surface area contributed by atoms with Crippen molar-refractivity contribution in [3.05, 3.63) is 78.3 Å². The van der Waals surface area contributed by atoms with Crippen molar-refractivity contribution in [2.75, 3.05) is 32.4 Å². The van der Waals surface area contributed by atoms with Crippen LogP contribution in [0, 0.1) is 5.82 Å². The average Bonchev–Trinajstić information content (AvgIpc) is 3.68. The first kappa shape index (κ1) is 29.1. The predicted octanol–water partition coefficient (Wildman–Crippen LogP) is 4.14. The van der Waals surface area contributed by atoms with E-state index in [0.717, 1.165) is 54.8 Å². The van der Waals surface area contributed by atoms with Crippen LogP contribution in [0.3, 0.4) is 0 Å². The summed E-state index contributed by atoms with van der Waals surface area (Å²) in [6, 6.07) is 8.65. The number of fused-ring (bicyclic) bond motifs is 2. The van der Waals surface area contributed by atoms with Gasteiger partial charge in [-0.3, -0.25) is 9.88 Å². The first-order valence-electron chi connectivity index (χ1n) is 14.4. The van der Waals surface area contributed by atoms with Crippen molar-refractivity contribution in [3.8, 4) is 33.8 Å². The van der Waals surface area contributed by atoms with Crippen LogP contribution in [0.25, 0.3) is 55.8 Å². The maximum absolute atomic E-state index is 14.7. The zero-order valence-corrected chi connectivity index (χ0v) is 25.2. The minimum atomic E-state index is -2.87. The van der Waals surface area contributed by atoms with E-state index in [1.165, 1.54) is 18.4 Å². The fraction of sp³-hybridized carbons (Fsp3) is 0.226. The van der Waals surface area contributed by atoms with Crippen LogP contribution in [0.15, 0.2) is 61.3 Å². The Hall–Kier alpha value is -4.60. The van der Waals surface area contributed by atoms with E-state index in [2.05, 4.69) is 51.1 Å². The van der Waals surface area contributed by atoms with Crippen LogP contribution in [0.4, 0.5) is 4.39 Å². The van der Waals surface area contributed by atoms with Crippen molar-refractivity contribution in [2.45, 2.75) is 13.1 Å². The van der Waals surface area contributed by atoms with Gasteiger partial charge in [0, 0.05) is 62.4 Å². The Morgan fingerprint density at radius 2 is 1.80 bits per heavy atom. The average molecular weight is 626 g/mol. The van der Waals surface area contributed by atoms with Crippen LogP contribution in [-0.4, -0.2) is 78.1 Å². The van der Waals surface area contributed by atoms with Gasteiger partial charge in [-0.05, 0) is 17.7 Å². The van der Waals surface area contributed by atoms with Crippen LogP contribution in [-0.2, 0) is 21.9 Å². The summed E-state index contributed by atoms with van der Waals surface area (Å²) in [5, 5.41) is 11.6. The van der Waals surface area contributed by atoms with Gasteiger partial charge in [0.15, 0.2) is 5.65 Å². The zero-order chi connectivity index (χ0) is 31.0. The summed E-state index contributed by atoms with van der Waals surface area (Å²) in [6.45, 7) is 4.88. The number of benzene rings is 1. The number of carbonyl (C=O) groups excluding carboxylic acids is 1. The van der Waals surface area contributed by atoms with Crippen molar-refractivity contribution in [1.82, 2.24) is 50.1 Å². The van der Waals surface area contributed by atoms with Gasteiger partial charge in [0.05, 0.1) is 0 Å². The van der Waals surface area contributed by atoms with Crippen molar-refractivity contribution in [2.24, 2.45) is 0 Å². The minimum absolute atomic E-state index is 0.0533. The van der Waals surface area contributed by atoms with Crippen LogP contribution < -0.4 is 10.0 Å². The number of carbonyl (C=O) groups is 1. The maximum atomic E-state index is 14.7. The Morgan fingerprint density at radius 3 is 2.64 bits per heavy atom. The van der Waals surface area contributed by atoms with Gasteiger partial charge >= 0.3 is 147 Å². The van der Waals surface area contributed by atoms with Gasteiger partial charge in [-0.2, -0.15) is 5.10 Å². The Bertz CT molecular complexity index is 2160. The summed E-state index contributed by atoms with van der Waals surface area (Å²) < 4.78 is 29.5. The molecule has 0 aliphatic carbocycles. The molecule has 1 fully saturated rings. The van der Waals surface area contributed by atoms with Gasteiger partial charge in [0.1, 0.15) is 0 Å². The normalized spacial score (nSPS) is 15.4. The van der Waals surface area contributed by atoms with E-state index in [1.807, 2.05) is 18.5 Å². The van der Waals surface area contributed by atoms with E-state index in [4.69, 9.17) is 4.98 Å². The molecular formula is C31H30FN10O2S+. The summed E-state index contributed by atoms with van der Waals surface area (Å²) in [5.41, 5.74) is 7.50. The second-order valence-electron chi connectivity index (χ2n) is 11.1. The number of H-pyrrole nitrogens is 2. The molecule has 7 rings (SSSR count). The van der Waals surface area contributed by atoms with E-state index in [1.54, 1.807) is 24.7 Å². The van der Waals surface area contributed by atoms with E-state index in [9.17, 15) is 13.2 Å². The monoisotopic (exact) mass is 625 g/mol. The molecule has 0 spiro atoms. The number of hydrogen-bond acceptors (Lipinski definition) is 9. The summed E-state index contributed by atoms with van der Waals surface area (Å²) >= 11 is 0. The van der Waals surface area contributed by atoms with Gasteiger partial charge in [0.2, 0.25) is 0 Å². The molecule has 45 heavy (non-hydrogen) atoms. The molecule has 4 N–H and O–H groups in total. The summed E-state index contributed by atoms with van der Waals surface area (Å²) in [5.74, 6) is 0.0525. The Labute approximate surface area is 258 Å². The van der Waals surface area contributed by atoms with Gasteiger partial charge < -0.3 is 5.32 Å². The molecule has 1 saturated heterocycles. The van der Waals surface area contributed by atoms with Crippen LogP contribution >= 0.6 is 9.96 Å². The zero-order valence-electron chi connectivity index (χ0n) is 24.4. The van der Waals surface area contributed by atoms with E-state index < -0.39 is 15.8 Å². The van der Waals surface area contributed by atoms with Crippen molar-refractivity contribution >= 4 is 37.6 Å². The SMILES string of the molecule is CS(#[O+])(C=O)NCc1cc(F)cc(-c2cncc3[nH]c(-c4[nH]nc5ncc(-c6cncc(CN7CCNCC7)c6)cc45)nc23)c1. The number of aromatic amines is 2. The van der Waals surface area contributed by atoms with Crippen molar-refractivity contribution < 1.29 is 13.2 Å². The topological polar surface area (TPSA) is 160 Å². The number of aromatic nitrogens is 7. The number of nitrogens with zero attached hydrogens (tertiary/aromatic N) is 6. The molecule has 6 heterocycles. The molecule has 5 aromatic heterocycles. The number of imidazole rings is 1. The first-order valence-corrected chi connectivity index (χ1v) is 16.4. The van der Waals surface area contributed by atoms with Crippen molar-refractivity contribution in [3.63, 3.8) is 0 Å². The third kappa shape index (κ3) is 6.18. The fourth-order valence-corrected chi connectivity index (χ4v) is 6.05. The molecule has 0 radical (unpaired) electrons. The number of halogens is 1. The molecule has 1 aliphatic heterocycles. The van der Waals surface area contributed by atoms with Crippen LogP contribution in [0.2, 0.25) is 0 Å². The van der Waals surface area contributed by atoms with Crippen LogP contribution in [0.1, 0.15) is 11.1 Å². The van der Waals surface area contributed by atoms with Gasteiger partial charge in [-0.25, -0.2) is 4.98 Å². The molecule has 1 aromatic carbocycles. The molecule has 1 aliphatic rings. The molecular weight excluding hydrogens is 595 g/mol. The van der Waals surface area contributed by atoms with Gasteiger partial charge in [-0.1, -0.05) is 0 Å². The Balaban J connectivity index is 1.22. The molecule has 228 valence electrons. The Morgan fingerprint density at radius 1 is 1.00 bits per heavy atom. The van der Waals surface area contributed by atoms with E-state index >= 15 is 0 Å². The predicted molar refractivity (Wildman–Crippen MR) is 171 cm³/mol. The number of piperazine rings is 1. The molecule has 1 atom stereocenters. The third-order valence-electron chi connectivity index (χ3n) is 7.80. The molecule has 6 aromatic rings. The number of hydrogen-bond donors (Lipinski definition) is 4. The molecule has 12 nitrogen and oxygen atoms in total. The number of nitrogens with one attached hydrogen (secondary N) is 4. The quantitative estimate of drug-likeness (QED) is 0.151. The standard InChI is InChI=1S/C31H30FN10O2S/c1-45(44,18-43)37-12-19-6-21(9-24(32)8-19)26-15-35-16-27-28(26)39-31(38-27)29-25-10-23(14-36-30(25)41-40-29)22-7-20(11-34-13-22)17-42-4-2-33-3-5-42/h6-11,13-16,18,33,37H,2-5,12,17H2,1H3,(H,38,39)(H,36,40,41)/q+1. The Kier molecular flexibility index (Phi) is 7.81. The fourth-order valence-electron chi connectivity index (χ4n) is 5.53. The second-order valence-corrected chi connectivity index (χ2v) is 13.4. The first-order chi connectivity index (χ1) is 21.8. The summed E-state index contributed by atoms with van der Waals surface area (Å²) in [4.78, 5) is 35.1. The molecule has 0 amide bonds. The molecule has 0 bridgehead atoms. The summed E-state index contributed by atoms with van der Waals surface area (Å²) in [6.07, 6.45) is 10.1. The molecule has 14 heteroatoms. The molecule has 0 saturated carbocycles. The molecule has 1 unspecified atom stereocenters. The number of rotatable bonds is 7. The van der Waals surface area contributed by atoms with Crippen molar-refractivity contribution in [1.29, 1.82) is 0 Å². The summed E-state index contributed by atoms with van der Waals surface area (Å²) in [7, 11) is -2.87. The van der Waals surface area contributed by atoms with Gasteiger partial charge in [-0.15, -0.1) is 0 Å². The third-order valence-corrected chi connectivity index (χ3v) is 8.88.